The molecule has 1 aliphatic heterocycles. The van der Waals surface area contributed by atoms with Gasteiger partial charge in [0.05, 0.1) is 27.8 Å². The number of H-pyrrole nitrogens is 1. The highest BCUT2D eigenvalue weighted by molar-refractivity contribution is 6.34. The summed E-state index contributed by atoms with van der Waals surface area (Å²) in [5, 5.41) is 0.304. The highest BCUT2D eigenvalue weighted by Crippen LogP contribution is 2.27. The number of hydrogen-bond donors (Lipinski definition) is 1. The minimum absolute atomic E-state index is 0.238. The Morgan fingerprint density at radius 3 is 2.48 bits per heavy atom. The number of amides is 1. The Labute approximate surface area is 159 Å². The van der Waals surface area contributed by atoms with Gasteiger partial charge in [-0.1, -0.05) is 23.8 Å². The van der Waals surface area contributed by atoms with Crippen LogP contribution in [0.4, 0.5) is 5.95 Å². The molecule has 0 atom stereocenters. The summed E-state index contributed by atoms with van der Waals surface area (Å²) >= 11 is 6.39. The highest BCUT2D eigenvalue weighted by atomic mass is 35.5. The quantitative estimate of drug-likeness (QED) is 0.740. The van der Waals surface area contributed by atoms with Gasteiger partial charge in [-0.15, -0.1) is 0 Å². The zero-order chi connectivity index (χ0) is 19.1. The minimum Gasteiger partial charge on any atom is -0.345 e. The molecule has 3 heterocycles. The van der Waals surface area contributed by atoms with E-state index in [-0.39, 0.29) is 11.5 Å². The van der Waals surface area contributed by atoms with Gasteiger partial charge in [0, 0.05) is 26.5 Å². The third-order valence-corrected chi connectivity index (χ3v) is 4.56. The van der Waals surface area contributed by atoms with Crippen molar-refractivity contribution in [1.82, 2.24) is 19.3 Å². The molecule has 0 radical (unpaired) electrons. The number of anilines is 1. The molecule has 0 saturated carbocycles. The monoisotopic (exact) mass is 381 g/mol. The molecule has 136 valence electrons. The third kappa shape index (κ3) is 2.82. The number of carbonyl (C=O) groups excluding carboxylic acids is 1. The summed E-state index contributed by atoms with van der Waals surface area (Å²) in [6.45, 7) is 0. The Hall–Kier alpha value is -3.32. The predicted molar refractivity (Wildman–Crippen MR) is 106 cm³/mol. The second-order valence-electron chi connectivity index (χ2n) is 6.26. The van der Waals surface area contributed by atoms with E-state index < -0.39 is 0 Å². The number of aromatic nitrogens is 3. The lowest BCUT2D eigenvalue weighted by atomic mass is 10.1. The van der Waals surface area contributed by atoms with E-state index in [0.717, 1.165) is 0 Å². The lowest BCUT2D eigenvalue weighted by Crippen LogP contribution is -2.22. The van der Waals surface area contributed by atoms with Crippen molar-refractivity contribution < 1.29 is 4.79 Å². The first-order valence-electron chi connectivity index (χ1n) is 8.22. The smallest absolute Gasteiger partial charge is 0.274 e. The number of halogens is 1. The summed E-state index contributed by atoms with van der Waals surface area (Å²) < 4.78 is 1.73. The number of carbonyl (C=O) groups is 1. The van der Waals surface area contributed by atoms with Crippen molar-refractivity contribution in [2.24, 2.45) is 0 Å². The molecule has 8 heteroatoms. The van der Waals surface area contributed by atoms with Crippen LogP contribution in [0.25, 0.3) is 16.6 Å². The summed E-state index contributed by atoms with van der Waals surface area (Å²) in [5.41, 5.74) is 1.57. The Balaban J connectivity index is 2.03. The summed E-state index contributed by atoms with van der Waals surface area (Å²) in [4.78, 5) is 35.4. The van der Waals surface area contributed by atoms with E-state index in [1.807, 2.05) is 36.7 Å². The van der Waals surface area contributed by atoms with E-state index in [1.165, 1.54) is 11.1 Å². The van der Waals surface area contributed by atoms with Crippen LogP contribution in [0.1, 0.15) is 10.4 Å². The average Bonchev–Trinajstić information content (AvgIpc) is 2.91. The first-order valence-corrected chi connectivity index (χ1v) is 8.60. The lowest BCUT2D eigenvalue weighted by Gasteiger charge is -2.16. The van der Waals surface area contributed by atoms with Crippen LogP contribution in [-0.4, -0.2) is 39.3 Å². The first kappa shape index (κ1) is 17.1. The third-order valence-electron chi connectivity index (χ3n) is 4.24. The fourth-order valence-corrected chi connectivity index (χ4v) is 3.20. The first-order chi connectivity index (χ1) is 13.0. The molecule has 2 aromatic heterocycles. The SMILES string of the molecule is CN(C)C(=O)c1cc2[nH]c(=O)c3cnc(N4C=CC=CC=C4)n3c2cc1Cl. The fourth-order valence-electron chi connectivity index (χ4n) is 2.96. The van der Waals surface area contributed by atoms with Gasteiger partial charge in [0.1, 0.15) is 5.52 Å². The van der Waals surface area contributed by atoms with Crippen LogP contribution in [0.2, 0.25) is 5.02 Å². The van der Waals surface area contributed by atoms with Crippen LogP contribution in [0.15, 0.2) is 59.8 Å². The van der Waals surface area contributed by atoms with Gasteiger partial charge < -0.3 is 9.88 Å². The standard InChI is InChI=1S/C19H16ClN5O2/c1-23(2)18(27)12-9-14-15(10-13(12)20)25-16(17(26)22-14)11-21-19(25)24-7-5-3-4-6-8-24/h3-11H,1-2H3,(H,22,26). The zero-order valence-corrected chi connectivity index (χ0v) is 15.4. The number of aromatic amines is 1. The Bertz CT molecular complexity index is 1200. The molecule has 0 bridgehead atoms. The molecular formula is C19H16ClN5O2. The second-order valence-corrected chi connectivity index (χ2v) is 6.66. The Morgan fingerprint density at radius 2 is 1.81 bits per heavy atom. The predicted octanol–water partition coefficient (Wildman–Crippen LogP) is 2.93. The van der Waals surface area contributed by atoms with Crippen LogP contribution in [0.3, 0.4) is 0 Å². The lowest BCUT2D eigenvalue weighted by molar-refractivity contribution is 0.0828. The second kappa shape index (κ2) is 6.44. The number of imidazole rings is 1. The largest absolute Gasteiger partial charge is 0.345 e. The van der Waals surface area contributed by atoms with Gasteiger partial charge in [0.15, 0.2) is 0 Å². The van der Waals surface area contributed by atoms with Crippen LogP contribution in [-0.2, 0) is 0 Å². The molecule has 1 amide bonds. The van der Waals surface area contributed by atoms with E-state index in [9.17, 15) is 9.59 Å². The van der Waals surface area contributed by atoms with Crippen molar-refractivity contribution in [3.8, 4) is 0 Å². The molecule has 4 rings (SSSR count). The van der Waals surface area contributed by atoms with E-state index in [0.29, 0.717) is 33.1 Å². The number of allylic oxidation sites excluding steroid dienone is 4. The summed E-state index contributed by atoms with van der Waals surface area (Å²) in [6, 6.07) is 3.27. The molecule has 27 heavy (non-hydrogen) atoms. The number of nitrogens with zero attached hydrogens (tertiary/aromatic N) is 4. The molecule has 3 aromatic rings. The molecule has 0 spiro atoms. The van der Waals surface area contributed by atoms with Crippen molar-refractivity contribution in [2.75, 3.05) is 19.0 Å². The van der Waals surface area contributed by atoms with Crippen LogP contribution in [0.5, 0.6) is 0 Å². The van der Waals surface area contributed by atoms with E-state index in [2.05, 4.69) is 9.97 Å². The number of hydrogen-bond acceptors (Lipinski definition) is 4. The average molecular weight is 382 g/mol. The van der Waals surface area contributed by atoms with Gasteiger partial charge >= 0.3 is 0 Å². The molecule has 0 unspecified atom stereocenters. The summed E-state index contributed by atoms with van der Waals surface area (Å²) in [7, 11) is 3.30. The van der Waals surface area contributed by atoms with Gasteiger partial charge in [-0.2, -0.15) is 0 Å². The van der Waals surface area contributed by atoms with Crippen LogP contribution >= 0.6 is 11.6 Å². The van der Waals surface area contributed by atoms with Crippen molar-refractivity contribution in [3.05, 3.63) is 76.0 Å². The zero-order valence-electron chi connectivity index (χ0n) is 14.7. The number of rotatable bonds is 2. The molecular weight excluding hydrogens is 366 g/mol. The topological polar surface area (TPSA) is 73.7 Å². The number of benzene rings is 1. The van der Waals surface area contributed by atoms with Crippen molar-refractivity contribution >= 4 is 40.0 Å². The number of nitrogens with one attached hydrogen (secondary N) is 1. The maximum absolute atomic E-state index is 12.5. The molecule has 1 N–H and O–H groups in total. The molecule has 0 fully saturated rings. The van der Waals surface area contributed by atoms with E-state index in [1.54, 1.807) is 35.5 Å². The van der Waals surface area contributed by atoms with Gasteiger partial charge in [-0.05, 0) is 24.3 Å². The van der Waals surface area contributed by atoms with Gasteiger partial charge in [-0.3, -0.25) is 18.9 Å². The Morgan fingerprint density at radius 1 is 1.11 bits per heavy atom. The normalized spacial score (nSPS) is 13.5. The van der Waals surface area contributed by atoms with Gasteiger partial charge in [0.2, 0.25) is 5.95 Å². The van der Waals surface area contributed by atoms with Crippen molar-refractivity contribution in [1.29, 1.82) is 0 Å². The maximum Gasteiger partial charge on any atom is 0.274 e. The van der Waals surface area contributed by atoms with E-state index in [4.69, 9.17) is 11.6 Å². The van der Waals surface area contributed by atoms with E-state index >= 15 is 0 Å². The maximum atomic E-state index is 12.5. The van der Waals surface area contributed by atoms with Crippen molar-refractivity contribution in [2.45, 2.75) is 0 Å². The summed E-state index contributed by atoms with van der Waals surface area (Å²) in [6.07, 6.45) is 12.7. The minimum atomic E-state index is -0.298. The fraction of sp³-hybridized carbons (Fsp3) is 0.105. The van der Waals surface area contributed by atoms with Crippen molar-refractivity contribution in [3.63, 3.8) is 0 Å². The number of fused-ring (bicyclic) bond motifs is 3. The summed E-state index contributed by atoms with van der Waals surface area (Å²) in [5.74, 6) is 0.304. The molecule has 0 saturated heterocycles. The van der Waals surface area contributed by atoms with Gasteiger partial charge in [0.25, 0.3) is 11.5 Å². The molecule has 7 nitrogen and oxygen atoms in total. The van der Waals surface area contributed by atoms with Gasteiger partial charge in [-0.25, -0.2) is 4.98 Å². The molecule has 1 aromatic carbocycles. The van der Waals surface area contributed by atoms with Crippen LogP contribution in [0, 0.1) is 0 Å². The highest BCUT2D eigenvalue weighted by Gasteiger charge is 2.19. The van der Waals surface area contributed by atoms with Crippen LogP contribution < -0.4 is 10.5 Å². The molecule has 1 aliphatic rings. The molecule has 0 aliphatic carbocycles. The Kier molecular flexibility index (Phi) is 4.08.